The van der Waals surface area contributed by atoms with E-state index in [1.807, 2.05) is 0 Å². The van der Waals surface area contributed by atoms with Gasteiger partial charge in [-0.1, -0.05) is 5.21 Å². The Morgan fingerprint density at radius 1 is 1.58 bits per heavy atom. The van der Waals surface area contributed by atoms with Crippen LogP contribution in [-0.4, -0.2) is 25.1 Å². The number of imidazole rings is 1. The summed E-state index contributed by atoms with van der Waals surface area (Å²) in [5.41, 5.74) is 0.119. The number of hydrogen-bond donors (Lipinski definition) is 2. The van der Waals surface area contributed by atoms with Crippen LogP contribution in [0.2, 0.25) is 0 Å². The summed E-state index contributed by atoms with van der Waals surface area (Å²) in [5, 5.41) is 9.16. The van der Waals surface area contributed by atoms with Gasteiger partial charge in [0.25, 0.3) is 5.56 Å². The van der Waals surface area contributed by atoms with Crippen LogP contribution in [0.1, 0.15) is 5.82 Å². The molecular formula is C5H6N6O. The first kappa shape index (κ1) is 6.77. The molecule has 0 saturated carbocycles. The number of fused-ring (bicyclic) bond motifs is 1. The Kier molecular flexibility index (Phi) is 1.15. The van der Waals surface area contributed by atoms with Gasteiger partial charge in [-0.2, -0.15) is 0 Å². The van der Waals surface area contributed by atoms with Crippen LogP contribution < -0.4 is 11.4 Å². The molecule has 0 aliphatic rings. The number of rotatable bonds is 0. The molecule has 0 unspecified atom stereocenters. The third-order valence-corrected chi connectivity index (χ3v) is 1.57. The number of nitrogen functional groups attached to an aromatic ring is 1. The first-order chi connectivity index (χ1) is 5.70. The SMILES string of the molecule is Cc1nc2c(=O)[nH]nnc2n1N. The maximum Gasteiger partial charge on any atom is 0.295 e. The van der Waals surface area contributed by atoms with Gasteiger partial charge in [-0.15, -0.1) is 5.10 Å². The van der Waals surface area contributed by atoms with Gasteiger partial charge in [-0.05, 0) is 6.92 Å². The lowest BCUT2D eigenvalue weighted by Gasteiger charge is -1.91. The molecule has 0 spiro atoms. The van der Waals surface area contributed by atoms with Crippen LogP contribution in [0.4, 0.5) is 0 Å². The highest BCUT2D eigenvalue weighted by atomic mass is 16.1. The van der Waals surface area contributed by atoms with Gasteiger partial charge in [-0.3, -0.25) is 4.79 Å². The average molecular weight is 166 g/mol. The zero-order valence-electron chi connectivity index (χ0n) is 6.27. The molecule has 7 nitrogen and oxygen atoms in total. The summed E-state index contributed by atoms with van der Waals surface area (Å²) in [6.45, 7) is 1.68. The molecule has 3 N–H and O–H groups in total. The van der Waals surface area contributed by atoms with Crippen LogP contribution in [0.3, 0.4) is 0 Å². The van der Waals surface area contributed by atoms with Crippen molar-refractivity contribution in [3.05, 3.63) is 16.2 Å². The smallest absolute Gasteiger partial charge is 0.295 e. The molecule has 0 aliphatic carbocycles. The Balaban J connectivity index is 3.05. The van der Waals surface area contributed by atoms with Gasteiger partial charge in [0.05, 0.1) is 0 Å². The summed E-state index contributed by atoms with van der Waals surface area (Å²) in [5.74, 6) is 6.03. The number of aromatic nitrogens is 5. The Hall–Kier alpha value is -1.92. The minimum absolute atomic E-state index is 0.213. The van der Waals surface area contributed by atoms with Crippen molar-refractivity contribution >= 4 is 11.2 Å². The third-order valence-electron chi connectivity index (χ3n) is 1.57. The fourth-order valence-corrected chi connectivity index (χ4v) is 0.952. The van der Waals surface area contributed by atoms with Gasteiger partial charge in [0.15, 0.2) is 5.52 Å². The number of nitrogens with zero attached hydrogens (tertiary/aromatic N) is 4. The van der Waals surface area contributed by atoms with E-state index in [1.54, 1.807) is 6.92 Å². The van der Waals surface area contributed by atoms with Crippen LogP contribution in [-0.2, 0) is 0 Å². The molecule has 0 atom stereocenters. The van der Waals surface area contributed by atoms with Crippen LogP contribution >= 0.6 is 0 Å². The molecule has 2 heterocycles. The summed E-state index contributed by atoms with van der Waals surface area (Å²) in [6, 6.07) is 0. The molecule has 2 rings (SSSR count). The van der Waals surface area contributed by atoms with Crippen molar-refractivity contribution in [2.75, 3.05) is 5.84 Å². The Labute approximate surface area is 66.2 Å². The van der Waals surface area contributed by atoms with Gasteiger partial charge in [0.2, 0.25) is 5.65 Å². The Bertz CT molecular complexity index is 482. The van der Waals surface area contributed by atoms with Crippen molar-refractivity contribution in [1.29, 1.82) is 0 Å². The molecule has 0 aliphatic heterocycles. The Morgan fingerprint density at radius 2 is 2.33 bits per heavy atom. The van der Waals surface area contributed by atoms with E-state index in [-0.39, 0.29) is 16.7 Å². The van der Waals surface area contributed by atoms with Crippen LogP contribution in [0.15, 0.2) is 4.79 Å². The first-order valence-electron chi connectivity index (χ1n) is 3.25. The van der Waals surface area contributed by atoms with Gasteiger partial charge >= 0.3 is 0 Å². The summed E-state index contributed by atoms with van der Waals surface area (Å²) in [6.07, 6.45) is 0. The molecule has 62 valence electrons. The standard InChI is InChI=1S/C5H6N6O/c1-2-7-3-4(11(2)6)8-10-9-5(3)12/h6H2,1H3,(H,8,9,12). The molecule has 7 heteroatoms. The number of aromatic amines is 1. The van der Waals surface area contributed by atoms with E-state index in [1.165, 1.54) is 4.68 Å². The van der Waals surface area contributed by atoms with Gasteiger partial charge in [0, 0.05) is 0 Å². The molecule has 0 saturated heterocycles. The lowest BCUT2D eigenvalue weighted by atomic mass is 10.6. The lowest BCUT2D eigenvalue weighted by Crippen LogP contribution is -2.14. The monoisotopic (exact) mass is 166 g/mol. The second-order valence-electron chi connectivity index (χ2n) is 2.34. The van der Waals surface area contributed by atoms with Gasteiger partial charge < -0.3 is 5.84 Å². The second kappa shape index (κ2) is 2.03. The van der Waals surface area contributed by atoms with Crippen molar-refractivity contribution in [2.45, 2.75) is 6.92 Å². The minimum Gasteiger partial charge on any atom is -0.336 e. The lowest BCUT2D eigenvalue weighted by molar-refractivity contribution is 0.844. The zero-order chi connectivity index (χ0) is 8.72. The van der Waals surface area contributed by atoms with Gasteiger partial charge in [0.1, 0.15) is 5.82 Å². The highest BCUT2D eigenvalue weighted by Crippen LogP contribution is 2.02. The molecular weight excluding hydrogens is 160 g/mol. The van der Waals surface area contributed by atoms with E-state index in [0.29, 0.717) is 5.82 Å². The number of H-pyrrole nitrogens is 1. The first-order valence-corrected chi connectivity index (χ1v) is 3.25. The van der Waals surface area contributed by atoms with Crippen LogP contribution in [0.5, 0.6) is 0 Å². The van der Waals surface area contributed by atoms with E-state index < -0.39 is 0 Å². The van der Waals surface area contributed by atoms with E-state index in [4.69, 9.17) is 5.84 Å². The van der Waals surface area contributed by atoms with E-state index >= 15 is 0 Å². The topological polar surface area (TPSA) is 102 Å². The summed E-state index contributed by atoms with van der Waals surface area (Å²) < 4.78 is 1.22. The fraction of sp³-hybridized carbons (Fsp3) is 0.200. The fourth-order valence-electron chi connectivity index (χ4n) is 0.952. The van der Waals surface area contributed by atoms with Crippen molar-refractivity contribution in [3.63, 3.8) is 0 Å². The predicted octanol–water partition coefficient (Wildman–Crippen LogP) is -1.46. The highest BCUT2D eigenvalue weighted by molar-refractivity contribution is 5.69. The normalized spacial score (nSPS) is 10.8. The number of aryl methyl sites for hydroxylation is 1. The van der Waals surface area contributed by atoms with Crippen molar-refractivity contribution in [2.24, 2.45) is 0 Å². The summed E-state index contributed by atoms with van der Waals surface area (Å²) in [4.78, 5) is 15.0. The maximum absolute atomic E-state index is 11.1. The maximum atomic E-state index is 11.1. The molecule has 0 aromatic carbocycles. The third kappa shape index (κ3) is 0.698. The zero-order valence-corrected chi connectivity index (χ0v) is 6.27. The molecule has 0 fully saturated rings. The largest absolute Gasteiger partial charge is 0.336 e. The molecule has 12 heavy (non-hydrogen) atoms. The van der Waals surface area contributed by atoms with Crippen LogP contribution in [0, 0.1) is 6.92 Å². The summed E-state index contributed by atoms with van der Waals surface area (Å²) in [7, 11) is 0. The molecule has 0 bridgehead atoms. The van der Waals surface area contributed by atoms with E-state index in [9.17, 15) is 4.79 Å². The molecule has 2 aromatic heterocycles. The van der Waals surface area contributed by atoms with E-state index in [2.05, 4.69) is 20.4 Å². The average Bonchev–Trinajstić information content (AvgIpc) is 2.32. The second-order valence-corrected chi connectivity index (χ2v) is 2.34. The summed E-state index contributed by atoms with van der Waals surface area (Å²) >= 11 is 0. The quantitative estimate of drug-likeness (QED) is 0.465. The number of hydrogen-bond acceptors (Lipinski definition) is 5. The van der Waals surface area contributed by atoms with E-state index in [0.717, 1.165) is 0 Å². The molecule has 0 radical (unpaired) electrons. The molecule has 0 amide bonds. The Morgan fingerprint density at radius 3 is 3.00 bits per heavy atom. The predicted molar refractivity (Wildman–Crippen MR) is 40.8 cm³/mol. The highest BCUT2D eigenvalue weighted by Gasteiger charge is 2.08. The number of nitrogens with one attached hydrogen (secondary N) is 1. The molecule has 2 aromatic rings. The number of nitrogens with two attached hydrogens (primary N) is 1. The minimum atomic E-state index is -0.382. The van der Waals surface area contributed by atoms with Crippen molar-refractivity contribution in [1.82, 2.24) is 25.1 Å². The van der Waals surface area contributed by atoms with Crippen molar-refractivity contribution < 1.29 is 0 Å². The van der Waals surface area contributed by atoms with Gasteiger partial charge in [-0.25, -0.2) is 14.8 Å². The van der Waals surface area contributed by atoms with Crippen LogP contribution in [0.25, 0.3) is 11.2 Å². The van der Waals surface area contributed by atoms with Crippen molar-refractivity contribution in [3.8, 4) is 0 Å².